The number of hydrogen-bond donors (Lipinski definition) is 4. The summed E-state index contributed by atoms with van der Waals surface area (Å²) in [7, 11) is 0. The van der Waals surface area contributed by atoms with Crippen molar-refractivity contribution < 1.29 is 24.5 Å². The minimum absolute atomic E-state index is 0.101. The number of carbonyl (C=O) groups excluding carboxylic acids is 1. The van der Waals surface area contributed by atoms with Crippen LogP contribution in [0.2, 0.25) is 0 Å². The number of fused-ring (bicyclic) bond motifs is 1. The highest BCUT2D eigenvalue weighted by molar-refractivity contribution is 8.00. The number of ether oxygens (including phenoxy) is 2. The zero-order chi connectivity index (χ0) is 18.3. The van der Waals surface area contributed by atoms with Gasteiger partial charge in [0.25, 0.3) is 5.56 Å². The summed E-state index contributed by atoms with van der Waals surface area (Å²) in [6.07, 6.45) is -2.21. The van der Waals surface area contributed by atoms with Crippen LogP contribution in [0, 0.1) is 0 Å². The summed E-state index contributed by atoms with van der Waals surface area (Å²) in [5, 5.41) is 20.5. The predicted molar refractivity (Wildman–Crippen MR) is 88.7 cm³/mol. The van der Waals surface area contributed by atoms with Gasteiger partial charge in [-0.15, -0.1) is 0 Å². The van der Waals surface area contributed by atoms with Crippen molar-refractivity contribution in [2.75, 3.05) is 10.6 Å². The molecule has 0 aromatic carbocycles. The number of aromatic amines is 1. The largest absolute Gasteiger partial charge is 0.458 e. The lowest BCUT2D eigenvalue weighted by molar-refractivity contribution is -0.149. The van der Waals surface area contributed by atoms with Crippen LogP contribution in [0.1, 0.15) is 26.7 Å². The van der Waals surface area contributed by atoms with Crippen LogP contribution in [0.25, 0.3) is 0 Å². The number of anilines is 2. The van der Waals surface area contributed by atoms with E-state index < -0.39 is 41.6 Å². The van der Waals surface area contributed by atoms with Gasteiger partial charge in [-0.3, -0.25) is 19.5 Å². The van der Waals surface area contributed by atoms with Gasteiger partial charge in [-0.1, -0.05) is 18.7 Å². The topological polar surface area (TPSA) is 151 Å². The van der Waals surface area contributed by atoms with Gasteiger partial charge in [-0.25, -0.2) is 0 Å². The summed E-state index contributed by atoms with van der Waals surface area (Å²) in [4.78, 5) is 31.4. The van der Waals surface area contributed by atoms with Crippen molar-refractivity contribution in [1.29, 1.82) is 0 Å². The number of nitrogens with two attached hydrogens (primary N) is 1. The molecule has 0 spiro atoms. The Morgan fingerprint density at radius 1 is 1.64 bits per heavy atom. The summed E-state index contributed by atoms with van der Waals surface area (Å²) < 4.78 is 11.2. The summed E-state index contributed by atoms with van der Waals surface area (Å²) in [5.74, 6) is -0.451. The molecule has 11 heteroatoms. The standard InChI is InChI=1S/C14H20N4O6S/c1-3-6(20)7-4-8(23-5(2)19)12(24-7)18-10-9(25-14(18)22)11(21)17-13(15)16-10/h6-8,12,14,20,22H,3-4H2,1-2H3,(H3,15,16,17,21)/t6?,7-,8+,12+,14?/m0/s1. The van der Waals surface area contributed by atoms with Crippen LogP contribution in [-0.4, -0.2) is 56.3 Å². The fourth-order valence-corrected chi connectivity index (χ4v) is 3.96. The van der Waals surface area contributed by atoms with E-state index in [1.807, 2.05) is 0 Å². The third-order valence-corrected chi connectivity index (χ3v) is 5.16. The van der Waals surface area contributed by atoms with Gasteiger partial charge in [0.05, 0.1) is 12.2 Å². The fraction of sp³-hybridized carbons (Fsp3) is 0.643. The highest BCUT2D eigenvalue weighted by Crippen LogP contribution is 2.43. The second kappa shape index (κ2) is 6.83. The number of thioether (sulfide) groups is 1. The third kappa shape index (κ3) is 3.32. The van der Waals surface area contributed by atoms with E-state index in [1.54, 1.807) is 6.92 Å². The Bertz CT molecular complexity index is 728. The molecule has 3 rings (SSSR count). The molecule has 2 aliphatic rings. The van der Waals surface area contributed by atoms with Gasteiger partial charge in [0.1, 0.15) is 11.0 Å². The van der Waals surface area contributed by atoms with Crippen LogP contribution < -0.4 is 16.2 Å². The molecule has 5 N–H and O–H groups in total. The first-order valence-electron chi connectivity index (χ1n) is 7.85. The maximum absolute atomic E-state index is 12.0. The van der Waals surface area contributed by atoms with Crippen LogP contribution in [0.15, 0.2) is 9.69 Å². The number of aromatic nitrogens is 2. The van der Waals surface area contributed by atoms with Gasteiger partial charge < -0.3 is 25.4 Å². The lowest BCUT2D eigenvalue weighted by Crippen LogP contribution is -2.47. The number of nitrogens with one attached hydrogen (secondary N) is 1. The zero-order valence-corrected chi connectivity index (χ0v) is 14.5. The minimum atomic E-state index is -1.16. The smallest absolute Gasteiger partial charge is 0.303 e. The number of nitrogens with zero attached hydrogens (tertiary/aromatic N) is 2. The molecule has 10 nitrogen and oxygen atoms in total. The summed E-state index contributed by atoms with van der Waals surface area (Å²) in [6.45, 7) is 3.07. The van der Waals surface area contributed by atoms with Crippen molar-refractivity contribution >= 4 is 29.5 Å². The van der Waals surface area contributed by atoms with E-state index in [2.05, 4.69) is 9.97 Å². The number of carbonyl (C=O) groups is 1. The molecule has 1 aromatic heterocycles. The number of esters is 1. The number of aliphatic hydroxyl groups is 2. The molecule has 1 saturated heterocycles. The van der Waals surface area contributed by atoms with Gasteiger partial charge in [-0.2, -0.15) is 4.98 Å². The Kier molecular flexibility index (Phi) is 4.91. The molecule has 0 amide bonds. The maximum atomic E-state index is 12.0. The number of rotatable bonds is 4. The van der Waals surface area contributed by atoms with E-state index in [-0.39, 0.29) is 23.1 Å². The fourth-order valence-electron chi connectivity index (χ4n) is 3.00. The molecule has 0 radical (unpaired) electrons. The van der Waals surface area contributed by atoms with E-state index in [4.69, 9.17) is 15.2 Å². The van der Waals surface area contributed by atoms with Gasteiger partial charge in [-0.05, 0) is 6.42 Å². The lowest BCUT2D eigenvalue weighted by Gasteiger charge is -2.31. The lowest BCUT2D eigenvalue weighted by atomic mass is 10.1. The van der Waals surface area contributed by atoms with Gasteiger partial charge in [0, 0.05) is 13.3 Å². The van der Waals surface area contributed by atoms with Crippen molar-refractivity contribution in [3.8, 4) is 0 Å². The molecule has 0 bridgehead atoms. The number of aliphatic hydroxyl groups excluding tert-OH is 2. The molecule has 3 heterocycles. The molecule has 138 valence electrons. The predicted octanol–water partition coefficient (Wildman–Crippen LogP) is -0.642. The van der Waals surface area contributed by atoms with E-state index in [1.165, 1.54) is 11.8 Å². The first-order valence-corrected chi connectivity index (χ1v) is 8.73. The first kappa shape index (κ1) is 18.0. The molecule has 25 heavy (non-hydrogen) atoms. The highest BCUT2D eigenvalue weighted by atomic mass is 32.2. The first-order chi connectivity index (χ1) is 11.8. The van der Waals surface area contributed by atoms with Gasteiger partial charge >= 0.3 is 5.97 Å². The van der Waals surface area contributed by atoms with Crippen LogP contribution in [0.4, 0.5) is 11.8 Å². The molecule has 1 aromatic rings. The Balaban J connectivity index is 1.96. The maximum Gasteiger partial charge on any atom is 0.303 e. The van der Waals surface area contributed by atoms with Crippen molar-refractivity contribution in [2.24, 2.45) is 0 Å². The average Bonchev–Trinajstić information content (AvgIpc) is 3.06. The number of nitrogen functional groups attached to an aromatic ring is 1. The Labute approximate surface area is 147 Å². The molecular formula is C14H20N4O6S. The van der Waals surface area contributed by atoms with Gasteiger partial charge in [0.2, 0.25) is 5.95 Å². The summed E-state index contributed by atoms with van der Waals surface area (Å²) in [5.41, 5.74) is 3.97. The van der Waals surface area contributed by atoms with Crippen LogP contribution in [0.3, 0.4) is 0 Å². The monoisotopic (exact) mass is 372 g/mol. The average molecular weight is 372 g/mol. The molecule has 2 aliphatic heterocycles. The SMILES string of the molecule is CCC(O)[C@@H]1C[C@@H](OC(C)=O)[C@H](N2c3nc(N)[nH]c(=O)c3SC2O)O1. The zero-order valence-electron chi connectivity index (χ0n) is 13.7. The Hall–Kier alpha value is -1.82. The normalized spacial score (nSPS) is 29.5. The van der Waals surface area contributed by atoms with Crippen molar-refractivity contribution in [1.82, 2.24) is 9.97 Å². The highest BCUT2D eigenvalue weighted by Gasteiger charge is 2.49. The molecule has 5 atom stereocenters. The Morgan fingerprint density at radius 3 is 3.00 bits per heavy atom. The van der Waals surface area contributed by atoms with Gasteiger partial charge in [0.15, 0.2) is 17.6 Å². The number of H-pyrrole nitrogens is 1. The van der Waals surface area contributed by atoms with E-state index in [9.17, 15) is 19.8 Å². The molecular weight excluding hydrogens is 352 g/mol. The van der Waals surface area contributed by atoms with E-state index >= 15 is 0 Å². The number of hydrogen-bond acceptors (Lipinski definition) is 10. The van der Waals surface area contributed by atoms with Crippen LogP contribution >= 0.6 is 11.8 Å². The van der Waals surface area contributed by atoms with Crippen LogP contribution in [-0.2, 0) is 14.3 Å². The van der Waals surface area contributed by atoms with Crippen molar-refractivity contribution in [3.05, 3.63) is 10.4 Å². The molecule has 1 fully saturated rings. The Morgan fingerprint density at radius 2 is 2.36 bits per heavy atom. The second-order valence-corrected chi connectivity index (χ2v) is 6.95. The molecule has 0 aliphatic carbocycles. The quantitative estimate of drug-likeness (QED) is 0.502. The van der Waals surface area contributed by atoms with Crippen LogP contribution in [0.5, 0.6) is 0 Å². The summed E-state index contributed by atoms with van der Waals surface area (Å²) >= 11 is 0.894. The summed E-state index contributed by atoms with van der Waals surface area (Å²) in [6, 6.07) is 0. The molecule has 0 saturated carbocycles. The van der Waals surface area contributed by atoms with E-state index in [0.29, 0.717) is 6.42 Å². The van der Waals surface area contributed by atoms with E-state index in [0.717, 1.165) is 11.8 Å². The van der Waals surface area contributed by atoms with Crippen molar-refractivity contribution in [2.45, 2.75) is 61.7 Å². The third-order valence-electron chi connectivity index (χ3n) is 4.12. The minimum Gasteiger partial charge on any atom is -0.458 e. The van der Waals surface area contributed by atoms with Crippen molar-refractivity contribution in [3.63, 3.8) is 0 Å². The molecule has 2 unspecified atom stereocenters. The second-order valence-electron chi connectivity index (χ2n) is 5.88.